The maximum absolute atomic E-state index is 12.4. The first-order chi connectivity index (χ1) is 20.4. The van der Waals surface area contributed by atoms with Crippen molar-refractivity contribution in [2.24, 2.45) is 4.99 Å². The Morgan fingerprint density at radius 1 is 0.977 bits per heavy atom. The van der Waals surface area contributed by atoms with Gasteiger partial charge in [-0.15, -0.1) is 0 Å². The highest BCUT2D eigenvalue weighted by Gasteiger charge is 2.51. The van der Waals surface area contributed by atoms with Gasteiger partial charge in [0.2, 0.25) is 0 Å². The number of benzene rings is 3. The molecular formula is C33H41N3O5SSi. The summed E-state index contributed by atoms with van der Waals surface area (Å²) in [4.78, 5) is 6.50. The molecule has 228 valence electrons. The SMILES string of the molecule is CN(C)C=Nc1cccc2c1ccn2[C@@H]1C[C@H](OS(C)(=O)=O)[C@@H](CO[Si](c2ccccc2)(c2ccccc2)C(C)(C)C)O1. The van der Waals surface area contributed by atoms with E-state index in [1.807, 2.05) is 90.4 Å². The summed E-state index contributed by atoms with van der Waals surface area (Å²) in [5, 5.41) is 3.04. The Morgan fingerprint density at radius 3 is 2.16 bits per heavy atom. The molecule has 1 fully saturated rings. The molecule has 8 nitrogen and oxygen atoms in total. The van der Waals surface area contributed by atoms with Crippen LogP contribution in [0.3, 0.4) is 0 Å². The van der Waals surface area contributed by atoms with E-state index >= 15 is 0 Å². The van der Waals surface area contributed by atoms with Gasteiger partial charge in [-0.3, -0.25) is 4.18 Å². The lowest BCUT2D eigenvalue weighted by molar-refractivity contribution is -0.0346. The molecule has 0 N–H and O–H groups in total. The standard InChI is InChI=1S/C33H41N3O5SSi/c1-33(2,3)43(25-14-9-7-10-15-25,26-16-11-8-12-17-26)39-23-31-30(41-42(6,37)38)22-32(40-31)36-21-20-27-28(34-24-35(4)5)18-13-19-29(27)36/h7-21,24,30-32H,22-23H2,1-6H3/t30-,31+,32-/m0/s1. The van der Waals surface area contributed by atoms with E-state index in [1.165, 1.54) is 0 Å². The van der Waals surface area contributed by atoms with Crippen LogP contribution in [0.15, 0.2) is 96.1 Å². The summed E-state index contributed by atoms with van der Waals surface area (Å²) in [5.74, 6) is 0. The zero-order valence-corrected chi connectivity index (χ0v) is 27.5. The maximum Gasteiger partial charge on any atom is 0.264 e. The second kappa shape index (κ2) is 12.4. The quantitative estimate of drug-likeness (QED) is 0.107. The van der Waals surface area contributed by atoms with Crippen LogP contribution in [0.2, 0.25) is 5.04 Å². The first-order valence-electron chi connectivity index (χ1n) is 14.5. The summed E-state index contributed by atoms with van der Waals surface area (Å²) in [6.45, 7) is 6.82. The number of hydrogen-bond donors (Lipinski definition) is 0. The van der Waals surface area contributed by atoms with Crippen LogP contribution in [0.4, 0.5) is 5.69 Å². The summed E-state index contributed by atoms with van der Waals surface area (Å²) in [7, 11) is -2.76. The summed E-state index contributed by atoms with van der Waals surface area (Å²) in [6.07, 6.45) is 3.43. The van der Waals surface area contributed by atoms with Crippen molar-refractivity contribution in [3.05, 3.63) is 91.1 Å². The van der Waals surface area contributed by atoms with Gasteiger partial charge in [-0.05, 0) is 33.6 Å². The molecule has 4 aromatic rings. The van der Waals surface area contributed by atoms with Gasteiger partial charge in [0.05, 0.1) is 30.4 Å². The molecule has 3 aromatic carbocycles. The summed E-state index contributed by atoms with van der Waals surface area (Å²) in [5.41, 5.74) is 1.79. The highest BCUT2D eigenvalue weighted by atomic mass is 32.2. The minimum absolute atomic E-state index is 0.182. The molecule has 0 saturated carbocycles. The van der Waals surface area contributed by atoms with Gasteiger partial charge < -0.3 is 18.6 Å². The number of aromatic nitrogens is 1. The molecule has 10 heteroatoms. The maximum atomic E-state index is 12.4. The molecule has 1 saturated heterocycles. The van der Waals surface area contributed by atoms with Gasteiger partial charge >= 0.3 is 0 Å². The minimum Gasteiger partial charge on any atom is -0.405 e. The van der Waals surface area contributed by atoms with E-state index in [-0.39, 0.29) is 11.6 Å². The van der Waals surface area contributed by atoms with Gasteiger partial charge in [0.1, 0.15) is 18.4 Å². The lowest BCUT2D eigenvalue weighted by atomic mass is 10.2. The molecule has 0 amide bonds. The third-order valence-corrected chi connectivity index (χ3v) is 13.4. The molecule has 0 unspecified atom stereocenters. The Morgan fingerprint density at radius 2 is 1.60 bits per heavy atom. The van der Waals surface area contributed by atoms with Gasteiger partial charge in [-0.2, -0.15) is 8.42 Å². The Balaban J connectivity index is 1.50. The number of rotatable bonds is 10. The fourth-order valence-electron chi connectivity index (χ4n) is 6.03. The molecule has 1 aliphatic heterocycles. The van der Waals surface area contributed by atoms with E-state index in [2.05, 4.69) is 50.0 Å². The second-order valence-electron chi connectivity index (χ2n) is 12.3. The molecular weight excluding hydrogens is 579 g/mol. The van der Waals surface area contributed by atoms with Gasteiger partial charge in [0.15, 0.2) is 0 Å². The average molecular weight is 620 g/mol. The second-order valence-corrected chi connectivity index (χ2v) is 18.2. The van der Waals surface area contributed by atoms with Crippen LogP contribution in [0, 0.1) is 0 Å². The highest BCUT2D eigenvalue weighted by Crippen LogP contribution is 2.40. The predicted molar refractivity (Wildman–Crippen MR) is 176 cm³/mol. The van der Waals surface area contributed by atoms with Crippen molar-refractivity contribution in [1.82, 2.24) is 9.47 Å². The number of nitrogens with zero attached hydrogens (tertiary/aromatic N) is 3. The largest absolute Gasteiger partial charge is 0.405 e. The van der Waals surface area contributed by atoms with E-state index in [9.17, 15) is 8.42 Å². The third kappa shape index (κ3) is 6.63. The Hall–Kier alpha value is -3.28. The number of aliphatic imine (C=N–C) groups is 1. The van der Waals surface area contributed by atoms with Crippen LogP contribution >= 0.6 is 0 Å². The van der Waals surface area contributed by atoms with Crippen molar-refractivity contribution in [1.29, 1.82) is 0 Å². The first kappa shape index (κ1) is 31.2. The Bertz CT molecular complexity index is 1630. The van der Waals surface area contributed by atoms with Crippen LogP contribution < -0.4 is 10.4 Å². The smallest absolute Gasteiger partial charge is 0.264 e. The number of fused-ring (bicyclic) bond motifs is 1. The molecule has 1 aliphatic rings. The normalized spacial score (nSPS) is 19.8. The van der Waals surface area contributed by atoms with Crippen molar-refractivity contribution in [3.8, 4) is 0 Å². The Kier molecular flexibility index (Phi) is 8.96. The molecule has 0 aliphatic carbocycles. The van der Waals surface area contributed by atoms with Crippen LogP contribution in [-0.2, 0) is 23.5 Å². The first-order valence-corrected chi connectivity index (χ1v) is 18.2. The van der Waals surface area contributed by atoms with Gasteiger partial charge in [-0.1, -0.05) is 87.5 Å². The molecule has 1 aromatic heterocycles. The molecule has 43 heavy (non-hydrogen) atoms. The van der Waals surface area contributed by atoms with Crippen LogP contribution in [0.5, 0.6) is 0 Å². The van der Waals surface area contributed by atoms with Crippen molar-refractivity contribution in [3.63, 3.8) is 0 Å². The lowest BCUT2D eigenvalue weighted by Crippen LogP contribution is -2.67. The zero-order valence-electron chi connectivity index (χ0n) is 25.7. The third-order valence-electron chi connectivity index (χ3n) is 7.84. The number of ether oxygens (including phenoxy) is 1. The van der Waals surface area contributed by atoms with E-state index < -0.39 is 36.9 Å². The van der Waals surface area contributed by atoms with Crippen molar-refractivity contribution < 1.29 is 21.8 Å². The van der Waals surface area contributed by atoms with Crippen LogP contribution in [-0.4, -0.2) is 71.7 Å². The molecule has 2 heterocycles. The fourth-order valence-corrected chi connectivity index (χ4v) is 11.3. The van der Waals surface area contributed by atoms with Crippen molar-refractivity contribution in [2.45, 2.75) is 50.7 Å². The van der Waals surface area contributed by atoms with E-state index in [4.69, 9.17) is 13.3 Å². The van der Waals surface area contributed by atoms with E-state index in [0.29, 0.717) is 6.42 Å². The van der Waals surface area contributed by atoms with Gasteiger partial charge in [-0.25, -0.2) is 4.99 Å². The van der Waals surface area contributed by atoms with Crippen molar-refractivity contribution >= 4 is 51.7 Å². The fraction of sp³-hybridized carbons (Fsp3) is 0.364. The minimum atomic E-state index is -3.74. The predicted octanol–water partition coefficient (Wildman–Crippen LogP) is 5.07. The molecule has 0 radical (unpaired) electrons. The summed E-state index contributed by atoms with van der Waals surface area (Å²) >= 11 is 0. The van der Waals surface area contributed by atoms with E-state index in [0.717, 1.165) is 33.2 Å². The summed E-state index contributed by atoms with van der Waals surface area (Å²) < 4.78 is 46.2. The van der Waals surface area contributed by atoms with Crippen LogP contribution in [0.25, 0.3) is 10.9 Å². The molecule has 3 atom stereocenters. The van der Waals surface area contributed by atoms with Crippen molar-refractivity contribution in [2.75, 3.05) is 27.0 Å². The zero-order chi connectivity index (χ0) is 30.8. The Labute approximate surface area is 256 Å². The average Bonchev–Trinajstić information content (AvgIpc) is 3.56. The molecule has 0 spiro atoms. The summed E-state index contributed by atoms with van der Waals surface area (Å²) in [6, 6.07) is 28.7. The van der Waals surface area contributed by atoms with E-state index in [1.54, 1.807) is 6.34 Å². The molecule has 0 bridgehead atoms. The lowest BCUT2D eigenvalue weighted by Gasteiger charge is -2.43. The highest BCUT2D eigenvalue weighted by molar-refractivity contribution is 7.86. The topological polar surface area (TPSA) is 82.4 Å². The van der Waals surface area contributed by atoms with Gasteiger partial charge in [0, 0.05) is 32.1 Å². The number of hydrogen-bond acceptors (Lipinski definition) is 6. The van der Waals surface area contributed by atoms with Gasteiger partial charge in [0.25, 0.3) is 18.4 Å². The van der Waals surface area contributed by atoms with Crippen LogP contribution in [0.1, 0.15) is 33.4 Å². The monoisotopic (exact) mass is 619 g/mol. The molecule has 5 rings (SSSR count).